The number of pyridine rings is 1. The van der Waals surface area contributed by atoms with Crippen molar-refractivity contribution in [3.63, 3.8) is 0 Å². The van der Waals surface area contributed by atoms with E-state index in [0.717, 1.165) is 46.7 Å². The van der Waals surface area contributed by atoms with E-state index in [4.69, 9.17) is 11.6 Å². The van der Waals surface area contributed by atoms with Crippen molar-refractivity contribution in [2.75, 3.05) is 11.9 Å². The summed E-state index contributed by atoms with van der Waals surface area (Å²) in [5.41, 5.74) is 1.23. The molecule has 1 spiro atoms. The Bertz CT molecular complexity index is 659. The Hall–Kier alpha value is -1.14. The van der Waals surface area contributed by atoms with Crippen LogP contribution in [0.1, 0.15) is 30.9 Å². The molecule has 20 heavy (non-hydrogen) atoms. The number of fused-ring (bicyclic) bond motifs is 2. The third-order valence-corrected chi connectivity index (χ3v) is 5.71. The molecule has 4 rings (SSSR count). The number of hydrogen-bond acceptors (Lipinski definition) is 4. The van der Waals surface area contributed by atoms with Crippen LogP contribution in [0.15, 0.2) is 23.3 Å². The van der Waals surface area contributed by atoms with E-state index in [2.05, 4.69) is 36.3 Å². The standard InChI is InChI=1S/C13H13BrClN5/c14-9-4-17-12-10(11(9)15)13(5-18-12)2-1-8(3-13)20-7-16-6-19-20/h4,6-8H,1-3,5H2,(H,17,18). The summed E-state index contributed by atoms with van der Waals surface area (Å²) in [6.07, 6.45) is 8.36. The van der Waals surface area contributed by atoms with Crippen LogP contribution in [-0.4, -0.2) is 26.3 Å². The molecule has 3 heterocycles. The van der Waals surface area contributed by atoms with E-state index in [1.165, 1.54) is 0 Å². The molecule has 1 aliphatic heterocycles. The van der Waals surface area contributed by atoms with Gasteiger partial charge < -0.3 is 5.32 Å². The highest BCUT2D eigenvalue weighted by molar-refractivity contribution is 9.10. The zero-order valence-electron chi connectivity index (χ0n) is 10.7. The molecule has 2 unspecified atom stereocenters. The molecular formula is C13H13BrClN5. The number of nitrogens with zero attached hydrogens (tertiary/aromatic N) is 4. The second kappa shape index (κ2) is 4.43. The van der Waals surface area contributed by atoms with E-state index in [-0.39, 0.29) is 5.41 Å². The molecule has 0 bridgehead atoms. The minimum absolute atomic E-state index is 0.0693. The van der Waals surface area contributed by atoms with Gasteiger partial charge in [-0.2, -0.15) is 5.10 Å². The first-order chi connectivity index (χ1) is 9.70. The van der Waals surface area contributed by atoms with Gasteiger partial charge in [0.05, 0.1) is 15.5 Å². The highest BCUT2D eigenvalue weighted by atomic mass is 79.9. The zero-order chi connectivity index (χ0) is 13.7. The van der Waals surface area contributed by atoms with Crippen LogP contribution < -0.4 is 5.32 Å². The number of halogens is 2. The maximum atomic E-state index is 6.52. The molecule has 1 saturated carbocycles. The van der Waals surface area contributed by atoms with Crippen molar-refractivity contribution in [3.8, 4) is 0 Å². The van der Waals surface area contributed by atoms with Gasteiger partial charge in [-0.25, -0.2) is 14.6 Å². The number of hydrogen-bond donors (Lipinski definition) is 1. The number of anilines is 1. The van der Waals surface area contributed by atoms with Crippen molar-refractivity contribution >= 4 is 33.3 Å². The van der Waals surface area contributed by atoms with Gasteiger partial charge in [-0.15, -0.1) is 0 Å². The Balaban J connectivity index is 1.74. The van der Waals surface area contributed by atoms with Gasteiger partial charge in [0.1, 0.15) is 18.5 Å². The number of aromatic nitrogens is 4. The average molecular weight is 355 g/mol. The van der Waals surface area contributed by atoms with E-state index in [9.17, 15) is 0 Å². The summed E-state index contributed by atoms with van der Waals surface area (Å²) < 4.78 is 2.83. The second-order valence-corrected chi connectivity index (χ2v) is 6.78. The SMILES string of the molecule is Clc1c(Br)cnc2c1C1(CCC(n3cncn3)C1)CN2. The van der Waals surface area contributed by atoms with Crippen LogP contribution in [0.4, 0.5) is 5.82 Å². The fourth-order valence-corrected chi connectivity index (χ4v) is 4.18. The van der Waals surface area contributed by atoms with Crippen LogP contribution in [0.3, 0.4) is 0 Å². The molecule has 1 N–H and O–H groups in total. The maximum absolute atomic E-state index is 6.52. The molecule has 7 heteroatoms. The Labute approximate surface area is 129 Å². The van der Waals surface area contributed by atoms with Crippen molar-refractivity contribution in [1.82, 2.24) is 19.7 Å². The fourth-order valence-electron chi connectivity index (χ4n) is 3.54. The predicted molar refractivity (Wildman–Crippen MR) is 80.0 cm³/mol. The lowest BCUT2D eigenvalue weighted by molar-refractivity contribution is 0.418. The first-order valence-corrected chi connectivity index (χ1v) is 7.79. The van der Waals surface area contributed by atoms with Crippen molar-refractivity contribution in [2.24, 2.45) is 0 Å². The molecule has 0 saturated heterocycles. The Morgan fingerprint density at radius 1 is 1.50 bits per heavy atom. The number of rotatable bonds is 1. The molecule has 2 aromatic heterocycles. The highest BCUT2D eigenvalue weighted by Gasteiger charge is 2.48. The van der Waals surface area contributed by atoms with Crippen LogP contribution >= 0.6 is 27.5 Å². The lowest BCUT2D eigenvalue weighted by atomic mass is 9.81. The molecule has 0 radical (unpaired) electrons. The largest absolute Gasteiger partial charge is 0.369 e. The lowest BCUT2D eigenvalue weighted by Gasteiger charge is -2.24. The summed E-state index contributed by atoms with van der Waals surface area (Å²) in [4.78, 5) is 8.50. The summed E-state index contributed by atoms with van der Waals surface area (Å²) in [6.45, 7) is 0.900. The smallest absolute Gasteiger partial charge is 0.137 e. The molecule has 0 aromatic carbocycles. The molecule has 104 valence electrons. The molecule has 5 nitrogen and oxygen atoms in total. The zero-order valence-corrected chi connectivity index (χ0v) is 13.0. The van der Waals surface area contributed by atoms with Crippen molar-refractivity contribution in [2.45, 2.75) is 30.7 Å². The van der Waals surface area contributed by atoms with E-state index in [1.807, 2.05) is 4.68 Å². The highest BCUT2D eigenvalue weighted by Crippen LogP contribution is 2.53. The molecule has 2 atom stereocenters. The van der Waals surface area contributed by atoms with Gasteiger partial charge in [0.2, 0.25) is 0 Å². The van der Waals surface area contributed by atoms with Crippen LogP contribution in [0.2, 0.25) is 5.02 Å². The topological polar surface area (TPSA) is 55.6 Å². The summed E-state index contributed by atoms with van der Waals surface area (Å²) >= 11 is 10.0. The van der Waals surface area contributed by atoms with Crippen molar-refractivity contribution in [3.05, 3.63) is 33.9 Å². The van der Waals surface area contributed by atoms with Crippen LogP contribution in [0.25, 0.3) is 0 Å². The molecule has 2 aromatic rings. The fraction of sp³-hybridized carbons (Fsp3) is 0.462. The minimum Gasteiger partial charge on any atom is -0.369 e. The van der Waals surface area contributed by atoms with Crippen LogP contribution in [0.5, 0.6) is 0 Å². The minimum atomic E-state index is 0.0693. The normalized spacial score (nSPS) is 27.8. The second-order valence-electron chi connectivity index (χ2n) is 5.55. The van der Waals surface area contributed by atoms with Crippen LogP contribution in [-0.2, 0) is 5.41 Å². The van der Waals surface area contributed by atoms with Gasteiger partial charge in [-0.1, -0.05) is 11.6 Å². The average Bonchev–Trinajstić information content (AvgIpc) is 3.15. The van der Waals surface area contributed by atoms with Gasteiger partial charge in [-0.05, 0) is 35.2 Å². The third kappa shape index (κ3) is 1.71. The summed E-state index contributed by atoms with van der Waals surface area (Å²) in [5, 5.41) is 8.47. The Morgan fingerprint density at radius 2 is 2.40 bits per heavy atom. The summed E-state index contributed by atoms with van der Waals surface area (Å²) in [7, 11) is 0. The number of nitrogens with one attached hydrogen (secondary N) is 1. The third-order valence-electron chi connectivity index (χ3n) is 4.49. The molecular weight excluding hydrogens is 342 g/mol. The first-order valence-electron chi connectivity index (χ1n) is 6.62. The summed E-state index contributed by atoms with van der Waals surface area (Å²) in [5.74, 6) is 0.928. The first kappa shape index (κ1) is 12.6. The summed E-state index contributed by atoms with van der Waals surface area (Å²) in [6, 6.07) is 0.389. The van der Waals surface area contributed by atoms with Crippen molar-refractivity contribution < 1.29 is 0 Å². The lowest BCUT2D eigenvalue weighted by Crippen LogP contribution is -2.25. The van der Waals surface area contributed by atoms with E-state index in [0.29, 0.717) is 6.04 Å². The van der Waals surface area contributed by atoms with E-state index < -0.39 is 0 Å². The molecule has 1 aliphatic carbocycles. The predicted octanol–water partition coefficient (Wildman–Crippen LogP) is 3.18. The van der Waals surface area contributed by atoms with Gasteiger partial charge in [0.25, 0.3) is 0 Å². The van der Waals surface area contributed by atoms with E-state index >= 15 is 0 Å². The van der Waals surface area contributed by atoms with Gasteiger partial charge >= 0.3 is 0 Å². The van der Waals surface area contributed by atoms with E-state index in [1.54, 1.807) is 18.9 Å². The Kier molecular flexibility index (Phi) is 2.79. The van der Waals surface area contributed by atoms with Gasteiger partial charge in [0, 0.05) is 23.7 Å². The Morgan fingerprint density at radius 3 is 3.20 bits per heavy atom. The molecule has 2 aliphatic rings. The van der Waals surface area contributed by atoms with Gasteiger partial charge in [-0.3, -0.25) is 0 Å². The van der Waals surface area contributed by atoms with Crippen molar-refractivity contribution in [1.29, 1.82) is 0 Å². The van der Waals surface area contributed by atoms with Gasteiger partial charge in [0.15, 0.2) is 0 Å². The quantitative estimate of drug-likeness (QED) is 0.854. The monoisotopic (exact) mass is 353 g/mol. The molecule has 0 amide bonds. The van der Waals surface area contributed by atoms with Crippen LogP contribution in [0, 0.1) is 0 Å². The maximum Gasteiger partial charge on any atom is 0.137 e. The molecule has 1 fully saturated rings.